The van der Waals surface area contributed by atoms with Crippen LogP contribution in [0.25, 0.3) is 10.9 Å². The van der Waals surface area contributed by atoms with E-state index in [1.165, 1.54) is 0 Å². The van der Waals surface area contributed by atoms with Crippen molar-refractivity contribution in [3.63, 3.8) is 0 Å². The molecule has 0 bridgehead atoms. The molecule has 0 atom stereocenters. The summed E-state index contributed by atoms with van der Waals surface area (Å²) >= 11 is 0. The molecule has 0 amide bonds. The molecule has 13 heavy (non-hydrogen) atoms. The van der Waals surface area contributed by atoms with Gasteiger partial charge in [-0.2, -0.15) is 0 Å². The highest BCUT2D eigenvalue weighted by Gasteiger charge is 2.24. The number of nitrogens with zero attached hydrogens (tertiary/aromatic N) is 1. The average Bonchev–Trinajstić information content (AvgIpc) is 2.18. The second-order valence-corrected chi connectivity index (χ2v) is 3.50. The lowest BCUT2D eigenvalue weighted by Gasteiger charge is -2.11. The molecule has 1 nitrogen and oxygen atoms in total. The molecule has 0 unspecified atom stereocenters. The highest BCUT2D eigenvalue weighted by atomic mass is 14.8. The van der Waals surface area contributed by atoms with Gasteiger partial charge in [0.15, 0.2) is 0 Å². The molecule has 1 rings (SSSR count). The van der Waals surface area contributed by atoms with Crippen molar-refractivity contribution in [3.8, 4) is 0 Å². The van der Waals surface area contributed by atoms with Gasteiger partial charge in [-0.05, 0) is 5.56 Å². The highest BCUT2D eigenvalue weighted by molar-refractivity contribution is 5.48. The van der Waals surface area contributed by atoms with Gasteiger partial charge in [0.25, 0.3) is 5.54 Å². The van der Waals surface area contributed by atoms with Crippen molar-refractivity contribution in [1.82, 2.24) is 0 Å². The van der Waals surface area contributed by atoms with Crippen molar-refractivity contribution in [2.45, 2.75) is 19.4 Å². The Morgan fingerprint density at radius 1 is 1.31 bits per heavy atom. The van der Waals surface area contributed by atoms with Crippen LogP contribution in [0.2, 0.25) is 0 Å². The predicted molar refractivity (Wildman–Crippen MR) is 56.2 cm³/mol. The Hall–Kier alpha value is -1.55. The fraction of sp³-hybridized carbons (Fsp3) is 0.250. The van der Waals surface area contributed by atoms with E-state index in [0.717, 1.165) is 11.1 Å². The van der Waals surface area contributed by atoms with Gasteiger partial charge in [-0.25, -0.2) is 6.57 Å². The van der Waals surface area contributed by atoms with Crippen LogP contribution in [0.1, 0.15) is 25.0 Å². The summed E-state index contributed by atoms with van der Waals surface area (Å²) in [6.07, 6.45) is 1.80. The van der Waals surface area contributed by atoms with Gasteiger partial charge >= 0.3 is 0 Å². The molecule has 0 saturated heterocycles. The van der Waals surface area contributed by atoms with Crippen LogP contribution in [0.4, 0.5) is 0 Å². The predicted octanol–water partition coefficient (Wildman–Crippen LogP) is 3.48. The van der Waals surface area contributed by atoms with E-state index in [2.05, 4.69) is 11.4 Å². The van der Waals surface area contributed by atoms with Crippen LogP contribution in [0.3, 0.4) is 0 Å². The van der Waals surface area contributed by atoms with Crippen molar-refractivity contribution >= 4 is 6.08 Å². The van der Waals surface area contributed by atoms with Crippen molar-refractivity contribution in [1.29, 1.82) is 0 Å². The van der Waals surface area contributed by atoms with Gasteiger partial charge in [0.2, 0.25) is 0 Å². The molecule has 0 aliphatic rings. The van der Waals surface area contributed by atoms with Crippen LogP contribution < -0.4 is 0 Å². The quantitative estimate of drug-likeness (QED) is 0.600. The first kappa shape index (κ1) is 9.54. The average molecular weight is 171 g/mol. The van der Waals surface area contributed by atoms with Gasteiger partial charge in [-0.3, -0.25) is 0 Å². The summed E-state index contributed by atoms with van der Waals surface area (Å²) in [6.45, 7) is 14.6. The minimum atomic E-state index is -0.417. The number of rotatable bonds is 2. The van der Waals surface area contributed by atoms with Gasteiger partial charge in [0, 0.05) is 19.4 Å². The maximum absolute atomic E-state index is 7.05. The van der Waals surface area contributed by atoms with E-state index in [9.17, 15) is 0 Å². The van der Waals surface area contributed by atoms with Crippen molar-refractivity contribution in [2.24, 2.45) is 0 Å². The monoisotopic (exact) mass is 171 g/mol. The minimum Gasteiger partial charge on any atom is -0.306 e. The molecule has 0 N–H and O–H groups in total. The molecule has 0 aliphatic carbocycles. The van der Waals surface area contributed by atoms with Crippen LogP contribution in [0.5, 0.6) is 0 Å². The summed E-state index contributed by atoms with van der Waals surface area (Å²) in [4.78, 5) is 3.57. The Balaban J connectivity index is 3.07. The molecule has 0 aromatic heterocycles. The molecule has 0 radical (unpaired) electrons. The smallest absolute Gasteiger partial charge is 0.252 e. The van der Waals surface area contributed by atoms with Gasteiger partial charge in [0.05, 0.1) is 0 Å². The largest absolute Gasteiger partial charge is 0.306 e. The van der Waals surface area contributed by atoms with Crippen LogP contribution in [-0.4, -0.2) is 0 Å². The molecule has 66 valence electrons. The van der Waals surface area contributed by atoms with Crippen LogP contribution in [-0.2, 0) is 5.54 Å². The van der Waals surface area contributed by atoms with Crippen molar-refractivity contribution in [3.05, 3.63) is 53.4 Å². The lowest BCUT2D eigenvalue weighted by Crippen LogP contribution is -2.10. The van der Waals surface area contributed by atoms with Gasteiger partial charge in [-0.1, -0.05) is 36.9 Å². The van der Waals surface area contributed by atoms with Crippen LogP contribution in [0, 0.1) is 6.57 Å². The molecule has 1 aromatic rings. The summed E-state index contributed by atoms with van der Waals surface area (Å²) < 4.78 is 0. The first-order valence-corrected chi connectivity index (χ1v) is 4.22. The van der Waals surface area contributed by atoms with Gasteiger partial charge in [0.1, 0.15) is 0 Å². The van der Waals surface area contributed by atoms with E-state index in [4.69, 9.17) is 6.57 Å². The Kier molecular flexibility index (Phi) is 2.53. The third-order valence-electron chi connectivity index (χ3n) is 2.13. The first-order valence-electron chi connectivity index (χ1n) is 4.22. The third kappa shape index (κ3) is 1.97. The van der Waals surface area contributed by atoms with Crippen molar-refractivity contribution in [2.75, 3.05) is 0 Å². The zero-order valence-electron chi connectivity index (χ0n) is 8.04. The molecule has 0 spiro atoms. The second-order valence-electron chi connectivity index (χ2n) is 3.50. The normalized spacial score (nSPS) is 10.5. The molecular weight excluding hydrogens is 158 g/mol. The van der Waals surface area contributed by atoms with Crippen LogP contribution >= 0.6 is 0 Å². The first-order chi connectivity index (χ1) is 6.10. The summed E-state index contributed by atoms with van der Waals surface area (Å²) in [6, 6.07) is 7.93. The Bertz CT molecular complexity index is 338. The molecule has 1 heteroatoms. The van der Waals surface area contributed by atoms with E-state index in [1.54, 1.807) is 6.08 Å². The number of benzene rings is 1. The molecule has 0 heterocycles. The number of hydrogen-bond acceptors (Lipinski definition) is 0. The lowest BCUT2D eigenvalue weighted by molar-refractivity contribution is 0.664. The van der Waals surface area contributed by atoms with E-state index in [0.29, 0.717) is 0 Å². The minimum absolute atomic E-state index is 0.417. The maximum atomic E-state index is 7.05. The van der Waals surface area contributed by atoms with Gasteiger partial charge in [-0.15, -0.1) is 0 Å². The SMILES string of the molecule is [C-]#[N+]C(C)(C)c1ccc(C=C)cc1. The van der Waals surface area contributed by atoms with E-state index >= 15 is 0 Å². The molecule has 0 aliphatic heterocycles. The summed E-state index contributed by atoms with van der Waals surface area (Å²) in [5, 5.41) is 0. The fourth-order valence-corrected chi connectivity index (χ4v) is 1.09. The zero-order chi connectivity index (χ0) is 9.90. The standard InChI is InChI=1S/C12H13N/c1-5-10-6-8-11(9-7-10)12(2,3)13-4/h5-9H,1H2,2-3H3. The maximum Gasteiger partial charge on any atom is 0.252 e. The Morgan fingerprint density at radius 3 is 2.23 bits per heavy atom. The Morgan fingerprint density at radius 2 is 1.85 bits per heavy atom. The van der Waals surface area contributed by atoms with Crippen molar-refractivity contribution < 1.29 is 0 Å². The van der Waals surface area contributed by atoms with Crippen LogP contribution in [0.15, 0.2) is 30.8 Å². The lowest BCUT2D eigenvalue weighted by atomic mass is 9.94. The fourth-order valence-electron chi connectivity index (χ4n) is 1.09. The van der Waals surface area contributed by atoms with E-state index in [1.807, 2.05) is 38.1 Å². The zero-order valence-corrected chi connectivity index (χ0v) is 8.04. The summed E-state index contributed by atoms with van der Waals surface area (Å²) in [5.74, 6) is 0. The highest BCUT2D eigenvalue weighted by Crippen LogP contribution is 2.24. The van der Waals surface area contributed by atoms with Gasteiger partial charge < -0.3 is 4.85 Å². The Labute approximate surface area is 79.5 Å². The second kappa shape index (κ2) is 3.45. The molecule has 0 fully saturated rings. The topological polar surface area (TPSA) is 4.36 Å². The van der Waals surface area contributed by atoms with E-state index in [-0.39, 0.29) is 0 Å². The molecular formula is C12H13N. The number of hydrogen-bond donors (Lipinski definition) is 0. The summed E-state index contributed by atoms with van der Waals surface area (Å²) in [5.41, 5.74) is 1.72. The molecule has 1 aromatic carbocycles. The third-order valence-corrected chi connectivity index (χ3v) is 2.13. The van der Waals surface area contributed by atoms with E-state index < -0.39 is 5.54 Å². The molecule has 0 saturated carbocycles. The summed E-state index contributed by atoms with van der Waals surface area (Å²) in [7, 11) is 0.